The third kappa shape index (κ3) is 1.29. The van der Waals surface area contributed by atoms with Crippen molar-refractivity contribution in [3.63, 3.8) is 0 Å². The lowest BCUT2D eigenvalue weighted by molar-refractivity contribution is 0.258. The van der Waals surface area contributed by atoms with Gasteiger partial charge in [-0.15, -0.1) is 0 Å². The zero-order valence-corrected chi connectivity index (χ0v) is 8.58. The molecule has 0 spiro atoms. The van der Waals surface area contributed by atoms with Gasteiger partial charge in [-0.2, -0.15) is 5.10 Å². The third-order valence-electron chi connectivity index (χ3n) is 2.01. The molecule has 0 unspecified atom stereocenters. The highest BCUT2D eigenvalue weighted by Crippen LogP contribution is 2.16. The Labute approximate surface area is 79.5 Å². The molecule has 0 aliphatic carbocycles. The Morgan fingerprint density at radius 1 is 1.55 bits per heavy atom. The number of hydrogen-bond acceptors (Lipinski definition) is 2. The normalized spacial score (nSPS) is 18.4. The molecule has 1 aromatic rings. The van der Waals surface area contributed by atoms with Gasteiger partial charge in [0.25, 0.3) is 0 Å². The van der Waals surface area contributed by atoms with Crippen molar-refractivity contribution in [2.24, 2.45) is 0 Å². The topological polar surface area (TPSA) is 21.1 Å². The summed E-state index contributed by atoms with van der Waals surface area (Å²) in [6.45, 7) is 3.19. The van der Waals surface area contributed by atoms with Crippen LogP contribution in [-0.2, 0) is 13.1 Å². The minimum Gasteiger partial charge on any atom is -0.299 e. The molecule has 4 heteroatoms. The molecular weight excluding hydrogens is 253 g/mol. The van der Waals surface area contributed by atoms with Crippen molar-refractivity contribution in [3.8, 4) is 0 Å². The summed E-state index contributed by atoms with van der Waals surface area (Å²) in [6, 6.07) is 0. The average Bonchev–Trinajstić information content (AvgIpc) is 2.33. The number of rotatable bonds is 0. The van der Waals surface area contributed by atoms with Crippen LogP contribution in [0.2, 0.25) is 0 Å². The summed E-state index contributed by atoms with van der Waals surface area (Å²) in [5.41, 5.74) is 1.36. The summed E-state index contributed by atoms with van der Waals surface area (Å²) < 4.78 is 3.39. The highest BCUT2D eigenvalue weighted by atomic mass is 127. The van der Waals surface area contributed by atoms with Crippen LogP contribution in [0.5, 0.6) is 0 Å². The molecule has 0 bridgehead atoms. The van der Waals surface area contributed by atoms with Gasteiger partial charge in [0, 0.05) is 13.1 Å². The smallest absolute Gasteiger partial charge is 0.0658 e. The molecule has 0 atom stereocenters. The molecule has 1 aliphatic heterocycles. The van der Waals surface area contributed by atoms with Crippen LogP contribution in [0.3, 0.4) is 0 Å². The maximum atomic E-state index is 4.27. The van der Waals surface area contributed by atoms with Crippen molar-refractivity contribution in [2.75, 3.05) is 13.6 Å². The van der Waals surface area contributed by atoms with Crippen molar-refractivity contribution in [3.05, 3.63) is 15.5 Å². The fourth-order valence-corrected chi connectivity index (χ4v) is 1.91. The SMILES string of the molecule is CN1CCn2ncc(I)c2C1. The van der Waals surface area contributed by atoms with Crippen LogP contribution in [0.15, 0.2) is 6.20 Å². The van der Waals surface area contributed by atoms with E-state index in [1.165, 1.54) is 9.26 Å². The Hall–Kier alpha value is -0.100. The highest BCUT2D eigenvalue weighted by molar-refractivity contribution is 14.1. The Kier molecular flexibility index (Phi) is 1.88. The lowest BCUT2D eigenvalue weighted by Gasteiger charge is -2.23. The van der Waals surface area contributed by atoms with E-state index in [-0.39, 0.29) is 0 Å². The van der Waals surface area contributed by atoms with E-state index < -0.39 is 0 Å². The molecule has 0 saturated carbocycles. The van der Waals surface area contributed by atoms with Crippen LogP contribution < -0.4 is 0 Å². The molecule has 0 radical (unpaired) electrons. The van der Waals surface area contributed by atoms with Gasteiger partial charge in [0.1, 0.15) is 0 Å². The first-order valence-corrected chi connectivity index (χ1v) is 4.74. The van der Waals surface area contributed by atoms with Crippen LogP contribution in [0.25, 0.3) is 0 Å². The fraction of sp³-hybridized carbons (Fsp3) is 0.571. The summed E-state index contributed by atoms with van der Waals surface area (Å²) in [5, 5.41) is 4.27. The molecule has 0 saturated heterocycles. The quantitative estimate of drug-likeness (QED) is 0.649. The molecule has 0 aromatic carbocycles. The maximum absolute atomic E-state index is 4.27. The molecule has 0 N–H and O–H groups in total. The van der Waals surface area contributed by atoms with E-state index in [1.54, 1.807) is 0 Å². The first kappa shape index (κ1) is 7.54. The van der Waals surface area contributed by atoms with E-state index >= 15 is 0 Å². The monoisotopic (exact) mass is 263 g/mol. The van der Waals surface area contributed by atoms with Crippen LogP contribution in [0.1, 0.15) is 5.69 Å². The number of nitrogens with zero attached hydrogens (tertiary/aromatic N) is 3. The first-order chi connectivity index (χ1) is 5.27. The Bertz CT molecular complexity index is 269. The zero-order valence-electron chi connectivity index (χ0n) is 6.42. The Balaban J connectivity index is 2.37. The van der Waals surface area contributed by atoms with Crippen molar-refractivity contribution in [1.29, 1.82) is 0 Å². The summed E-state index contributed by atoms with van der Waals surface area (Å²) in [6.07, 6.45) is 1.94. The molecule has 0 fully saturated rings. The maximum Gasteiger partial charge on any atom is 0.0658 e. The summed E-state index contributed by atoms with van der Waals surface area (Å²) in [7, 11) is 2.15. The van der Waals surface area contributed by atoms with E-state index in [0.717, 1.165) is 19.6 Å². The van der Waals surface area contributed by atoms with Crippen molar-refractivity contribution < 1.29 is 0 Å². The molecule has 11 heavy (non-hydrogen) atoms. The third-order valence-corrected chi connectivity index (χ3v) is 2.91. The van der Waals surface area contributed by atoms with Gasteiger partial charge in [0.05, 0.1) is 22.0 Å². The summed E-state index contributed by atoms with van der Waals surface area (Å²) in [5.74, 6) is 0. The minimum absolute atomic E-state index is 1.04. The average molecular weight is 263 g/mol. The fourth-order valence-electron chi connectivity index (χ4n) is 1.34. The van der Waals surface area contributed by atoms with E-state index in [4.69, 9.17) is 0 Å². The first-order valence-electron chi connectivity index (χ1n) is 3.66. The standard InChI is InChI=1S/C7H10IN3/c1-10-2-3-11-7(5-10)6(8)4-9-11/h4H,2-3,5H2,1H3. The van der Waals surface area contributed by atoms with Crippen molar-refractivity contribution in [1.82, 2.24) is 14.7 Å². The van der Waals surface area contributed by atoms with Gasteiger partial charge in [-0.3, -0.25) is 9.58 Å². The second-order valence-corrected chi connectivity index (χ2v) is 4.06. The van der Waals surface area contributed by atoms with Gasteiger partial charge >= 0.3 is 0 Å². The molecular formula is C7H10IN3. The van der Waals surface area contributed by atoms with Gasteiger partial charge in [-0.1, -0.05) is 0 Å². The second-order valence-electron chi connectivity index (χ2n) is 2.90. The molecule has 2 heterocycles. The van der Waals surface area contributed by atoms with E-state index in [1.807, 2.05) is 6.20 Å². The number of likely N-dealkylation sites (N-methyl/N-ethyl adjacent to an activating group) is 1. The van der Waals surface area contributed by atoms with Crippen LogP contribution >= 0.6 is 22.6 Å². The van der Waals surface area contributed by atoms with Gasteiger partial charge in [-0.25, -0.2) is 0 Å². The number of fused-ring (bicyclic) bond motifs is 1. The predicted octanol–water partition coefficient (Wildman–Crippen LogP) is 0.933. The van der Waals surface area contributed by atoms with Crippen LogP contribution in [-0.4, -0.2) is 28.3 Å². The van der Waals surface area contributed by atoms with Gasteiger partial charge in [0.2, 0.25) is 0 Å². The lowest BCUT2D eigenvalue weighted by Crippen LogP contribution is -2.30. The number of halogens is 1. The molecule has 0 amide bonds. The summed E-state index contributed by atoms with van der Waals surface area (Å²) in [4.78, 5) is 2.32. The molecule has 1 aromatic heterocycles. The lowest BCUT2D eigenvalue weighted by atomic mass is 10.3. The largest absolute Gasteiger partial charge is 0.299 e. The van der Waals surface area contributed by atoms with Gasteiger partial charge in [0.15, 0.2) is 0 Å². The van der Waals surface area contributed by atoms with Gasteiger partial charge < -0.3 is 0 Å². The number of hydrogen-bond donors (Lipinski definition) is 0. The zero-order chi connectivity index (χ0) is 7.84. The van der Waals surface area contributed by atoms with Crippen LogP contribution in [0.4, 0.5) is 0 Å². The highest BCUT2D eigenvalue weighted by Gasteiger charge is 2.15. The second kappa shape index (κ2) is 2.75. The number of aromatic nitrogens is 2. The molecule has 2 rings (SSSR count). The minimum atomic E-state index is 1.04. The van der Waals surface area contributed by atoms with Crippen molar-refractivity contribution >= 4 is 22.6 Å². The van der Waals surface area contributed by atoms with E-state index in [0.29, 0.717) is 0 Å². The van der Waals surface area contributed by atoms with Crippen molar-refractivity contribution in [2.45, 2.75) is 13.1 Å². The predicted molar refractivity (Wildman–Crippen MR) is 51.3 cm³/mol. The van der Waals surface area contributed by atoms with Crippen LogP contribution in [0, 0.1) is 3.57 Å². The Morgan fingerprint density at radius 3 is 3.18 bits per heavy atom. The van der Waals surface area contributed by atoms with E-state index in [9.17, 15) is 0 Å². The van der Waals surface area contributed by atoms with E-state index in [2.05, 4.69) is 44.3 Å². The van der Waals surface area contributed by atoms with Gasteiger partial charge in [-0.05, 0) is 29.6 Å². The molecule has 60 valence electrons. The molecule has 3 nitrogen and oxygen atoms in total. The summed E-state index contributed by atoms with van der Waals surface area (Å²) >= 11 is 2.34. The molecule has 1 aliphatic rings. The Morgan fingerprint density at radius 2 is 2.36 bits per heavy atom.